The number of nitriles is 1. The molecule has 92 valence electrons. The van der Waals surface area contributed by atoms with E-state index in [-0.39, 0.29) is 0 Å². The molecule has 0 spiro atoms. The van der Waals surface area contributed by atoms with Gasteiger partial charge in [0.1, 0.15) is 0 Å². The average molecular weight is 241 g/mol. The van der Waals surface area contributed by atoms with Gasteiger partial charge in [0.05, 0.1) is 23.5 Å². The fraction of sp³-hybridized carbons (Fsp3) is 0.308. The molecule has 0 amide bonds. The summed E-state index contributed by atoms with van der Waals surface area (Å²) in [5.74, 6) is 1.07. The molecule has 0 aliphatic carbocycles. The first kappa shape index (κ1) is 12.1. The third-order valence-electron chi connectivity index (χ3n) is 2.75. The Morgan fingerprint density at radius 2 is 1.94 bits per heavy atom. The van der Waals surface area contributed by atoms with Crippen molar-refractivity contribution in [2.45, 2.75) is 13.3 Å². The monoisotopic (exact) mass is 241 g/mol. The first-order valence-electron chi connectivity index (χ1n) is 5.90. The molecule has 0 radical (unpaired) electrons. The van der Waals surface area contributed by atoms with Crippen molar-refractivity contribution >= 4 is 22.7 Å². The standard InChI is InChI=1S/C13H15N5/c1-2-18(9-5-8-14)13-12(15)16-10-6-3-4-7-11(10)17-13/h3-4,6-7H,2,5,9H2,1H3,(H2,15,16). The number of nitrogens with zero attached hydrogens (tertiary/aromatic N) is 4. The number of hydrogen-bond acceptors (Lipinski definition) is 5. The number of anilines is 2. The molecule has 0 aliphatic heterocycles. The van der Waals surface area contributed by atoms with E-state index in [4.69, 9.17) is 11.0 Å². The lowest BCUT2D eigenvalue weighted by Crippen LogP contribution is -2.26. The molecule has 0 bridgehead atoms. The van der Waals surface area contributed by atoms with Crippen LogP contribution in [-0.4, -0.2) is 23.1 Å². The molecule has 0 saturated heterocycles. The third kappa shape index (κ3) is 2.33. The number of nitrogens with two attached hydrogens (primary N) is 1. The van der Waals surface area contributed by atoms with Crippen molar-refractivity contribution in [2.75, 3.05) is 23.7 Å². The van der Waals surface area contributed by atoms with Crippen LogP contribution in [0.5, 0.6) is 0 Å². The van der Waals surface area contributed by atoms with E-state index >= 15 is 0 Å². The Kier molecular flexibility index (Phi) is 3.58. The summed E-state index contributed by atoms with van der Waals surface area (Å²) in [6.07, 6.45) is 0.446. The van der Waals surface area contributed by atoms with Gasteiger partial charge in [0.2, 0.25) is 0 Å². The highest BCUT2D eigenvalue weighted by Gasteiger charge is 2.12. The molecule has 1 aromatic carbocycles. The quantitative estimate of drug-likeness (QED) is 0.885. The minimum atomic E-state index is 0.411. The summed E-state index contributed by atoms with van der Waals surface area (Å²) < 4.78 is 0. The van der Waals surface area contributed by atoms with Crippen molar-refractivity contribution < 1.29 is 0 Å². The van der Waals surface area contributed by atoms with E-state index in [1.165, 1.54) is 0 Å². The van der Waals surface area contributed by atoms with Crippen LogP contribution in [0.3, 0.4) is 0 Å². The minimum absolute atomic E-state index is 0.411. The van der Waals surface area contributed by atoms with Gasteiger partial charge in [-0.2, -0.15) is 5.26 Å². The predicted molar refractivity (Wildman–Crippen MR) is 72.1 cm³/mol. The minimum Gasteiger partial charge on any atom is -0.381 e. The number of nitrogen functional groups attached to an aromatic ring is 1. The number of benzene rings is 1. The number of fused-ring (bicyclic) bond motifs is 1. The molecule has 0 unspecified atom stereocenters. The summed E-state index contributed by atoms with van der Waals surface area (Å²) in [5.41, 5.74) is 7.54. The van der Waals surface area contributed by atoms with Gasteiger partial charge in [-0.3, -0.25) is 0 Å². The van der Waals surface area contributed by atoms with Crippen molar-refractivity contribution in [2.24, 2.45) is 0 Å². The molecule has 2 aromatic rings. The maximum Gasteiger partial charge on any atom is 0.172 e. The molecule has 0 aliphatic rings. The van der Waals surface area contributed by atoms with Crippen LogP contribution in [0.2, 0.25) is 0 Å². The zero-order chi connectivity index (χ0) is 13.0. The van der Waals surface area contributed by atoms with Crippen molar-refractivity contribution in [3.8, 4) is 6.07 Å². The Balaban J connectivity index is 2.42. The van der Waals surface area contributed by atoms with E-state index in [2.05, 4.69) is 16.0 Å². The molecule has 0 fully saturated rings. The summed E-state index contributed by atoms with van der Waals surface area (Å²) in [7, 11) is 0. The van der Waals surface area contributed by atoms with Crippen LogP contribution in [0.15, 0.2) is 24.3 Å². The first-order valence-corrected chi connectivity index (χ1v) is 5.90. The summed E-state index contributed by atoms with van der Waals surface area (Å²) in [5, 5.41) is 8.65. The van der Waals surface area contributed by atoms with Crippen LogP contribution in [0, 0.1) is 11.3 Å². The lowest BCUT2D eigenvalue weighted by atomic mass is 10.3. The Morgan fingerprint density at radius 3 is 2.56 bits per heavy atom. The fourth-order valence-corrected chi connectivity index (χ4v) is 1.84. The van der Waals surface area contributed by atoms with Crippen molar-refractivity contribution in [3.63, 3.8) is 0 Å². The van der Waals surface area contributed by atoms with Gasteiger partial charge in [-0.15, -0.1) is 0 Å². The van der Waals surface area contributed by atoms with Crippen molar-refractivity contribution in [1.82, 2.24) is 9.97 Å². The van der Waals surface area contributed by atoms with Gasteiger partial charge in [0, 0.05) is 13.1 Å². The molecular formula is C13H15N5. The third-order valence-corrected chi connectivity index (χ3v) is 2.75. The van der Waals surface area contributed by atoms with Crippen molar-refractivity contribution in [1.29, 1.82) is 5.26 Å². The van der Waals surface area contributed by atoms with E-state index in [0.717, 1.165) is 17.6 Å². The molecule has 0 atom stereocenters. The molecular weight excluding hydrogens is 226 g/mol. The predicted octanol–water partition coefficient (Wildman–Crippen LogP) is 1.95. The normalized spacial score (nSPS) is 10.2. The molecule has 18 heavy (non-hydrogen) atoms. The number of rotatable bonds is 4. The van der Waals surface area contributed by atoms with Gasteiger partial charge in [-0.05, 0) is 19.1 Å². The lowest BCUT2D eigenvalue weighted by Gasteiger charge is -2.21. The number of para-hydroxylation sites is 2. The second kappa shape index (κ2) is 5.32. The topological polar surface area (TPSA) is 78.8 Å². The van der Waals surface area contributed by atoms with Crippen LogP contribution in [0.1, 0.15) is 13.3 Å². The van der Waals surface area contributed by atoms with Crippen molar-refractivity contribution in [3.05, 3.63) is 24.3 Å². The summed E-state index contributed by atoms with van der Waals surface area (Å²) in [6.45, 7) is 3.37. The summed E-state index contributed by atoms with van der Waals surface area (Å²) in [4.78, 5) is 10.8. The van der Waals surface area contributed by atoms with Crippen LogP contribution >= 0.6 is 0 Å². The zero-order valence-electron chi connectivity index (χ0n) is 10.3. The van der Waals surface area contributed by atoms with Gasteiger partial charge in [-0.1, -0.05) is 12.1 Å². The second-order valence-corrected chi connectivity index (χ2v) is 3.91. The van der Waals surface area contributed by atoms with Crippen LogP contribution < -0.4 is 10.6 Å². The molecule has 2 N–H and O–H groups in total. The van der Waals surface area contributed by atoms with E-state index in [1.54, 1.807) is 0 Å². The van der Waals surface area contributed by atoms with Gasteiger partial charge >= 0.3 is 0 Å². The Morgan fingerprint density at radius 1 is 1.28 bits per heavy atom. The Hall–Kier alpha value is -2.35. The van der Waals surface area contributed by atoms with Crippen LogP contribution in [-0.2, 0) is 0 Å². The maximum atomic E-state index is 8.65. The molecule has 2 rings (SSSR count). The lowest BCUT2D eigenvalue weighted by molar-refractivity contribution is 0.812. The first-order chi connectivity index (χ1) is 8.76. The molecule has 0 saturated carbocycles. The van der Waals surface area contributed by atoms with Gasteiger partial charge in [0.15, 0.2) is 11.6 Å². The Labute approximate surface area is 106 Å². The highest BCUT2D eigenvalue weighted by molar-refractivity contribution is 5.79. The molecule has 1 aromatic heterocycles. The summed E-state index contributed by atoms with van der Waals surface area (Å²) in [6, 6.07) is 9.74. The summed E-state index contributed by atoms with van der Waals surface area (Å²) >= 11 is 0. The highest BCUT2D eigenvalue weighted by atomic mass is 15.2. The molecule has 1 heterocycles. The van der Waals surface area contributed by atoms with Crippen LogP contribution in [0.4, 0.5) is 11.6 Å². The van der Waals surface area contributed by atoms with Gasteiger partial charge in [-0.25, -0.2) is 9.97 Å². The smallest absolute Gasteiger partial charge is 0.172 e. The zero-order valence-corrected chi connectivity index (χ0v) is 10.3. The molecule has 5 heteroatoms. The average Bonchev–Trinajstić information content (AvgIpc) is 2.40. The number of hydrogen-bond donors (Lipinski definition) is 1. The van der Waals surface area contributed by atoms with Crippen LogP contribution in [0.25, 0.3) is 11.0 Å². The van der Waals surface area contributed by atoms with E-state index in [0.29, 0.717) is 24.6 Å². The van der Waals surface area contributed by atoms with E-state index < -0.39 is 0 Å². The van der Waals surface area contributed by atoms with E-state index in [1.807, 2.05) is 36.1 Å². The largest absolute Gasteiger partial charge is 0.381 e. The SMILES string of the molecule is CCN(CCC#N)c1nc2ccccc2nc1N. The second-order valence-electron chi connectivity index (χ2n) is 3.91. The van der Waals surface area contributed by atoms with Gasteiger partial charge < -0.3 is 10.6 Å². The highest BCUT2D eigenvalue weighted by Crippen LogP contribution is 2.22. The molecule has 5 nitrogen and oxygen atoms in total. The maximum absolute atomic E-state index is 8.65. The van der Waals surface area contributed by atoms with E-state index in [9.17, 15) is 0 Å². The Bertz CT molecular complexity index is 587. The number of aromatic nitrogens is 2. The van der Waals surface area contributed by atoms with Gasteiger partial charge in [0.25, 0.3) is 0 Å². The fourth-order valence-electron chi connectivity index (χ4n) is 1.84.